The molecule has 0 N–H and O–H groups in total. The van der Waals surface area contributed by atoms with Crippen LogP contribution in [0.1, 0.15) is 24.4 Å². The van der Waals surface area contributed by atoms with E-state index >= 15 is 0 Å². The van der Waals surface area contributed by atoms with Crippen molar-refractivity contribution in [2.24, 2.45) is 0 Å². The molecule has 1 saturated heterocycles. The second-order valence-electron chi connectivity index (χ2n) is 6.03. The van der Waals surface area contributed by atoms with Gasteiger partial charge in [0.05, 0.1) is 5.52 Å². The lowest BCUT2D eigenvalue weighted by Gasteiger charge is -2.24. The van der Waals surface area contributed by atoms with Crippen LogP contribution >= 0.6 is 0 Å². The predicted molar refractivity (Wildman–Crippen MR) is 91.8 cm³/mol. The summed E-state index contributed by atoms with van der Waals surface area (Å²) >= 11 is 0. The van der Waals surface area contributed by atoms with Crippen LogP contribution in [0.5, 0.6) is 5.75 Å². The zero-order chi connectivity index (χ0) is 15.5. The summed E-state index contributed by atoms with van der Waals surface area (Å²) in [6, 6.07) is 19.3. The number of ether oxygens (including phenoxy) is 2. The standard InChI is InChI=1S/C20H21NO2/c1-2-5-16(6-3-1)15-23-20-8-4-7-19-18(20)9-12-21(19)17-10-13-22-14-11-17/h1-9,12,17H,10-11,13-15H2. The first-order valence-corrected chi connectivity index (χ1v) is 8.26. The quantitative estimate of drug-likeness (QED) is 0.705. The summed E-state index contributed by atoms with van der Waals surface area (Å²) in [5, 5.41) is 1.19. The summed E-state index contributed by atoms with van der Waals surface area (Å²) in [4.78, 5) is 0. The molecule has 0 aliphatic carbocycles. The second-order valence-corrected chi connectivity index (χ2v) is 6.03. The normalized spacial score (nSPS) is 15.8. The first-order chi connectivity index (χ1) is 11.4. The van der Waals surface area contributed by atoms with E-state index in [0.29, 0.717) is 12.6 Å². The lowest BCUT2D eigenvalue weighted by molar-refractivity contribution is 0.0707. The molecule has 3 heteroatoms. The summed E-state index contributed by atoms with van der Waals surface area (Å²) in [5.74, 6) is 0.956. The molecule has 1 aromatic heterocycles. The number of benzene rings is 2. The number of aromatic nitrogens is 1. The van der Waals surface area contributed by atoms with E-state index in [1.54, 1.807) is 0 Å². The van der Waals surface area contributed by atoms with Crippen molar-refractivity contribution in [2.75, 3.05) is 13.2 Å². The number of hydrogen-bond donors (Lipinski definition) is 0. The summed E-state index contributed by atoms with van der Waals surface area (Å²) in [6.45, 7) is 2.31. The van der Waals surface area contributed by atoms with Gasteiger partial charge in [-0.15, -0.1) is 0 Å². The third kappa shape index (κ3) is 2.97. The van der Waals surface area contributed by atoms with Crippen molar-refractivity contribution in [1.29, 1.82) is 0 Å². The van der Waals surface area contributed by atoms with E-state index in [4.69, 9.17) is 9.47 Å². The Balaban J connectivity index is 1.59. The van der Waals surface area contributed by atoms with E-state index in [2.05, 4.69) is 47.2 Å². The van der Waals surface area contributed by atoms with E-state index < -0.39 is 0 Å². The van der Waals surface area contributed by atoms with Gasteiger partial charge in [0.25, 0.3) is 0 Å². The van der Waals surface area contributed by atoms with Crippen molar-refractivity contribution in [2.45, 2.75) is 25.5 Å². The molecule has 3 aromatic rings. The molecular weight excluding hydrogens is 286 g/mol. The van der Waals surface area contributed by atoms with E-state index in [1.165, 1.54) is 16.5 Å². The number of rotatable bonds is 4. The molecule has 0 saturated carbocycles. The molecule has 0 bridgehead atoms. The average Bonchev–Trinajstić information content (AvgIpc) is 3.06. The van der Waals surface area contributed by atoms with Crippen LogP contribution in [0.15, 0.2) is 60.8 Å². The number of hydrogen-bond acceptors (Lipinski definition) is 2. The summed E-state index contributed by atoms with van der Waals surface area (Å²) in [5.41, 5.74) is 2.44. The SMILES string of the molecule is c1ccc(COc2cccc3c2ccn3C2CCOCC2)cc1. The molecular formula is C20H21NO2. The first kappa shape index (κ1) is 14.3. The zero-order valence-electron chi connectivity index (χ0n) is 13.2. The molecule has 0 amide bonds. The molecule has 3 nitrogen and oxygen atoms in total. The Kier molecular flexibility index (Phi) is 4.03. The maximum Gasteiger partial charge on any atom is 0.129 e. The maximum absolute atomic E-state index is 6.07. The molecule has 0 unspecified atom stereocenters. The molecule has 1 aliphatic rings. The van der Waals surface area contributed by atoms with Crippen molar-refractivity contribution in [3.05, 3.63) is 66.4 Å². The fourth-order valence-electron chi connectivity index (χ4n) is 3.30. The van der Waals surface area contributed by atoms with Gasteiger partial charge in [-0.05, 0) is 36.6 Å². The van der Waals surface area contributed by atoms with Crippen molar-refractivity contribution >= 4 is 10.9 Å². The van der Waals surface area contributed by atoms with Crippen LogP contribution in [0.2, 0.25) is 0 Å². The molecule has 0 atom stereocenters. The predicted octanol–water partition coefficient (Wildman–Crippen LogP) is 4.57. The van der Waals surface area contributed by atoms with Crippen LogP contribution in [-0.2, 0) is 11.3 Å². The summed E-state index contributed by atoms with van der Waals surface area (Å²) in [6.07, 6.45) is 4.35. The van der Waals surface area contributed by atoms with Gasteiger partial charge in [-0.25, -0.2) is 0 Å². The highest BCUT2D eigenvalue weighted by Gasteiger charge is 2.18. The van der Waals surface area contributed by atoms with E-state index in [-0.39, 0.29) is 0 Å². The lowest BCUT2D eigenvalue weighted by atomic mass is 10.1. The van der Waals surface area contributed by atoms with Gasteiger partial charge in [0.2, 0.25) is 0 Å². The fraction of sp³-hybridized carbons (Fsp3) is 0.300. The summed E-state index contributed by atoms with van der Waals surface area (Å²) in [7, 11) is 0. The molecule has 2 heterocycles. The van der Waals surface area contributed by atoms with Crippen molar-refractivity contribution in [3.8, 4) is 5.75 Å². The van der Waals surface area contributed by atoms with Gasteiger partial charge in [0.1, 0.15) is 12.4 Å². The highest BCUT2D eigenvalue weighted by atomic mass is 16.5. The van der Waals surface area contributed by atoms with Gasteiger partial charge in [-0.1, -0.05) is 36.4 Å². The molecule has 1 aliphatic heterocycles. The molecule has 0 radical (unpaired) electrons. The van der Waals surface area contributed by atoms with Gasteiger partial charge in [-0.2, -0.15) is 0 Å². The van der Waals surface area contributed by atoms with Gasteiger partial charge in [-0.3, -0.25) is 0 Å². The van der Waals surface area contributed by atoms with Crippen molar-refractivity contribution in [3.63, 3.8) is 0 Å². The smallest absolute Gasteiger partial charge is 0.129 e. The number of nitrogens with zero attached hydrogens (tertiary/aromatic N) is 1. The topological polar surface area (TPSA) is 23.4 Å². The minimum atomic E-state index is 0.533. The van der Waals surface area contributed by atoms with Crippen LogP contribution in [-0.4, -0.2) is 17.8 Å². The van der Waals surface area contributed by atoms with Crippen LogP contribution < -0.4 is 4.74 Å². The molecule has 1 fully saturated rings. The Labute approximate surface area is 136 Å². The first-order valence-electron chi connectivity index (χ1n) is 8.26. The third-order valence-electron chi connectivity index (χ3n) is 4.54. The van der Waals surface area contributed by atoms with Crippen LogP contribution in [0, 0.1) is 0 Å². The number of fused-ring (bicyclic) bond motifs is 1. The van der Waals surface area contributed by atoms with E-state index in [0.717, 1.165) is 31.8 Å². The van der Waals surface area contributed by atoms with Crippen molar-refractivity contribution < 1.29 is 9.47 Å². The Hall–Kier alpha value is -2.26. The molecule has 4 rings (SSSR count). The largest absolute Gasteiger partial charge is 0.488 e. The Morgan fingerprint density at radius 1 is 0.957 bits per heavy atom. The Bertz CT molecular complexity index is 773. The Morgan fingerprint density at radius 3 is 2.61 bits per heavy atom. The van der Waals surface area contributed by atoms with Gasteiger partial charge in [0, 0.05) is 30.8 Å². The van der Waals surface area contributed by atoms with E-state index in [1.807, 2.05) is 18.2 Å². The highest BCUT2D eigenvalue weighted by Crippen LogP contribution is 2.32. The van der Waals surface area contributed by atoms with Gasteiger partial charge < -0.3 is 14.0 Å². The zero-order valence-corrected chi connectivity index (χ0v) is 13.2. The molecule has 118 valence electrons. The van der Waals surface area contributed by atoms with Crippen LogP contribution in [0.25, 0.3) is 10.9 Å². The molecule has 2 aromatic carbocycles. The van der Waals surface area contributed by atoms with Crippen molar-refractivity contribution in [1.82, 2.24) is 4.57 Å². The fourth-order valence-corrected chi connectivity index (χ4v) is 3.30. The van der Waals surface area contributed by atoms with Gasteiger partial charge >= 0.3 is 0 Å². The van der Waals surface area contributed by atoms with Crippen LogP contribution in [0.4, 0.5) is 0 Å². The minimum Gasteiger partial charge on any atom is -0.488 e. The minimum absolute atomic E-state index is 0.533. The molecule has 0 spiro atoms. The monoisotopic (exact) mass is 307 g/mol. The summed E-state index contributed by atoms with van der Waals surface area (Å²) < 4.78 is 13.9. The second kappa shape index (κ2) is 6.47. The van der Waals surface area contributed by atoms with E-state index in [9.17, 15) is 0 Å². The maximum atomic E-state index is 6.07. The average molecular weight is 307 g/mol. The lowest BCUT2D eigenvalue weighted by Crippen LogP contribution is -2.18. The Morgan fingerprint density at radius 2 is 1.78 bits per heavy atom. The third-order valence-corrected chi connectivity index (χ3v) is 4.54. The van der Waals surface area contributed by atoms with Gasteiger partial charge in [0.15, 0.2) is 0 Å². The molecule has 23 heavy (non-hydrogen) atoms. The van der Waals surface area contributed by atoms with Crippen LogP contribution in [0.3, 0.4) is 0 Å². The highest BCUT2D eigenvalue weighted by molar-refractivity contribution is 5.86.